The summed E-state index contributed by atoms with van der Waals surface area (Å²) in [5.41, 5.74) is 5.57. The summed E-state index contributed by atoms with van der Waals surface area (Å²) in [6.45, 7) is 0.611. The average molecular weight is 444 g/mol. The largest absolute Gasteiger partial charge is 0.376 e. The highest BCUT2D eigenvalue weighted by atomic mass is 35.5. The molecule has 1 spiro atoms. The van der Waals surface area contributed by atoms with Gasteiger partial charge < -0.3 is 20.4 Å². The SMILES string of the molecule is CN(C)c1ccc(N(C)C)c2c1NC(=NCc1cccc(Cl)c1)C1(CCSCC1)N2. The minimum absolute atomic E-state index is 0.160. The van der Waals surface area contributed by atoms with Crippen LogP contribution in [0.4, 0.5) is 22.7 Å². The van der Waals surface area contributed by atoms with Crippen LogP contribution in [0.5, 0.6) is 0 Å². The van der Waals surface area contributed by atoms with Gasteiger partial charge in [-0.2, -0.15) is 11.8 Å². The lowest BCUT2D eigenvalue weighted by Gasteiger charge is -2.45. The van der Waals surface area contributed by atoms with E-state index >= 15 is 0 Å². The maximum atomic E-state index is 6.19. The highest BCUT2D eigenvalue weighted by Gasteiger charge is 2.42. The molecule has 0 bridgehead atoms. The molecule has 2 aromatic carbocycles. The summed E-state index contributed by atoms with van der Waals surface area (Å²) >= 11 is 8.21. The van der Waals surface area contributed by atoms with Crippen LogP contribution in [-0.4, -0.2) is 51.1 Å². The van der Waals surface area contributed by atoms with Crippen molar-refractivity contribution >= 4 is 51.9 Å². The third-order valence-electron chi connectivity index (χ3n) is 5.84. The Hall–Kier alpha value is -2.05. The normalized spacial score (nSPS) is 18.5. The summed E-state index contributed by atoms with van der Waals surface area (Å²) in [7, 11) is 8.35. The Bertz CT molecular complexity index is 951. The van der Waals surface area contributed by atoms with Crippen molar-refractivity contribution in [1.29, 1.82) is 0 Å². The molecule has 30 heavy (non-hydrogen) atoms. The molecule has 1 saturated heterocycles. The Morgan fingerprint density at radius 1 is 1.00 bits per heavy atom. The third kappa shape index (κ3) is 4.08. The van der Waals surface area contributed by atoms with Crippen LogP contribution in [0.15, 0.2) is 41.4 Å². The maximum Gasteiger partial charge on any atom is 0.127 e. The number of aliphatic imine (C=N–C) groups is 1. The molecule has 2 aliphatic rings. The number of nitrogens with one attached hydrogen (secondary N) is 2. The van der Waals surface area contributed by atoms with Gasteiger partial charge in [-0.15, -0.1) is 0 Å². The Balaban J connectivity index is 1.79. The fourth-order valence-corrected chi connectivity index (χ4v) is 5.60. The number of hydrogen-bond donors (Lipinski definition) is 2. The van der Waals surface area contributed by atoms with E-state index in [-0.39, 0.29) is 5.54 Å². The van der Waals surface area contributed by atoms with Crippen LogP contribution in [0.3, 0.4) is 0 Å². The summed E-state index contributed by atoms with van der Waals surface area (Å²) in [5, 5.41) is 8.47. The second-order valence-corrected chi connectivity index (χ2v) is 10.0. The predicted molar refractivity (Wildman–Crippen MR) is 134 cm³/mol. The van der Waals surface area contributed by atoms with Gasteiger partial charge in [0.05, 0.1) is 34.8 Å². The molecule has 0 aliphatic carbocycles. The highest BCUT2D eigenvalue weighted by Crippen LogP contribution is 2.47. The lowest BCUT2D eigenvalue weighted by atomic mass is 9.87. The van der Waals surface area contributed by atoms with E-state index in [1.807, 2.05) is 30.0 Å². The number of nitrogens with zero attached hydrogens (tertiary/aromatic N) is 3. The molecule has 2 N–H and O–H groups in total. The van der Waals surface area contributed by atoms with Crippen molar-refractivity contribution in [2.45, 2.75) is 24.9 Å². The minimum atomic E-state index is -0.160. The van der Waals surface area contributed by atoms with Gasteiger partial charge in [-0.05, 0) is 54.2 Å². The van der Waals surface area contributed by atoms with Gasteiger partial charge in [0.2, 0.25) is 0 Å². The van der Waals surface area contributed by atoms with Gasteiger partial charge >= 0.3 is 0 Å². The molecule has 160 valence electrons. The maximum absolute atomic E-state index is 6.19. The molecule has 0 saturated carbocycles. The van der Waals surface area contributed by atoms with Gasteiger partial charge in [0.15, 0.2) is 0 Å². The van der Waals surface area contributed by atoms with Crippen molar-refractivity contribution < 1.29 is 0 Å². The fraction of sp³-hybridized carbons (Fsp3) is 0.435. The number of thioether (sulfide) groups is 1. The van der Waals surface area contributed by atoms with Crippen LogP contribution in [0.25, 0.3) is 0 Å². The van der Waals surface area contributed by atoms with E-state index < -0.39 is 0 Å². The molecular weight excluding hydrogens is 414 g/mol. The Morgan fingerprint density at radius 3 is 2.30 bits per heavy atom. The molecule has 4 rings (SSSR count). The number of fused-ring (bicyclic) bond motifs is 1. The van der Waals surface area contributed by atoms with E-state index in [0.717, 1.165) is 52.1 Å². The first-order valence-corrected chi connectivity index (χ1v) is 11.9. The summed E-state index contributed by atoms with van der Waals surface area (Å²) in [4.78, 5) is 9.41. The Labute approximate surface area is 188 Å². The van der Waals surface area contributed by atoms with Crippen LogP contribution in [0.2, 0.25) is 5.02 Å². The molecule has 7 heteroatoms. The monoisotopic (exact) mass is 443 g/mol. The summed E-state index contributed by atoms with van der Waals surface area (Å²) in [6.07, 6.45) is 2.11. The molecule has 0 aromatic heterocycles. The van der Waals surface area contributed by atoms with Crippen molar-refractivity contribution in [3.63, 3.8) is 0 Å². The number of rotatable bonds is 4. The molecule has 0 unspecified atom stereocenters. The van der Waals surface area contributed by atoms with E-state index in [4.69, 9.17) is 16.6 Å². The lowest BCUT2D eigenvalue weighted by Crippen LogP contribution is -2.55. The van der Waals surface area contributed by atoms with Crippen molar-refractivity contribution in [3.05, 3.63) is 47.0 Å². The van der Waals surface area contributed by atoms with Crippen LogP contribution in [0, 0.1) is 0 Å². The lowest BCUT2D eigenvalue weighted by molar-refractivity contribution is 0.559. The Morgan fingerprint density at radius 2 is 1.67 bits per heavy atom. The number of anilines is 4. The number of halogens is 1. The molecule has 2 aliphatic heterocycles. The fourth-order valence-electron chi connectivity index (χ4n) is 4.19. The standard InChI is InChI=1S/C23H30ClN5S/c1-28(2)18-8-9-19(29(3)4)21-20(18)26-22(23(27-21)10-12-30-13-11-23)25-15-16-6-5-7-17(24)14-16/h5-9,14,27H,10-13,15H2,1-4H3,(H,25,26). The molecular formula is C23H30ClN5S. The zero-order chi connectivity index (χ0) is 21.3. The second-order valence-electron chi connectivity index (χ2n) is 8.38. The molecule has 2 heterocycles. The average Bonchev–Trinajstić information content (AvgIpc) is 2.72. The minimum Gasteiger partial charge on any atom is -0.376 e. The van der Waals surface area contributed by atoms with Gasteiger partial charge in [0, 0.05) is 33.2 Å². The van der Waals surface area contributed by atoms with E-state index in [9.17, 15) is 0 Å². The first-order valence-electron chi connectivity index (χ1n) is 10.3. The van der Waals surface area contributed by atoms with Crippen LogP contribution < -0.4 is 20.4 Å². The van der Waals surface area contributed by atoms with E-state index in [0.29, 0.717) is 6.54 Å². The molecule has 2 aromatic rings. The van der Waals surface area contributed by atoms with E-state index in [1.54, 1.807) is 0 Å². The first kappa shape index (κ1) is 21.2. The van der Waals surface area contributed by atoms with E-state index in [2.05, 4.69) is 66.8 Å². The van der Waals surface area contributed by atoms with Crippen molar-refractivity contribution in [2.75, 3.05) is 60.1 Å². The quantitative estimate of drug-likeness (QED) is 0.682. The molecule has 0 amide bonds. The van der Waals surface area contributed by atoms with Gasteiger partial charge in [0.25, 0.3) is 0 Å². The number of amidine groups is 1. The molecule has 0 radical (unpaired) electrons. The molecule has 0 atom stereocenters. The third-order valence-corrected chi connectivity index (χ3v) is 7.06. The van der Waals surface area contributed by atoms with Gasteiger partial charge in [0.1, 0.15) is 5.84 Å². The molecule has 1 fully saturated rings. The summed E-state index contributed by atoms with van der Waals surface area (Å²) < 4.78 is 0. The topological polar surface area (TPSA) is 42.9 Å². The van der Waals surface area contributed by atoms with Crippen molar-refractivity contribution in [1.82, 2.24) is 0 Å². The predicted octanol–water partition coefficient (Wildman–Crippen LogP) is 5.17. The van der Waals surface area contributed by atoms with E-state index in [1.165, 1.54) is 11.4 Å². The van der Waals surface area contributed by atoms with Crippen LogP contribution in [0.1, 0.15) is 18.4 Å². The second kappa shape index (κ2) is 8.60. The number of hydrogen-bond acceptors (Lipinski definition) is 5. The van der Waals surface area contributed by atoms with Crippen molar-refractivity contribution in [3.8, 4) is 0 Å². The van der Waals surface area contributed by atoms with Gasteiger partial charge in [-0.25, -0.2) is 0 Å². The number of benzene rings is 2. The molecule has 5 nitrogen and oxygen atoms in total. The summed E-state index contributed by atoms with van der Waals surface area (Å²) in [6, 6.07) is 12.3. The van der Waals surface area contributed by atoms with Crippen LogP contribution in [-0.2, 0) is 6.54 Å². The zero-order valence-corrected chi connectivity index (χ0v) is 19.7. The summed E-state index contributed by atoms with van der Waals surface area (Å²) in [5.74, 6) is 3.30. The van der Waals surface area contributed by atoms with Gasteiger partial charge in [-0.1, -0.05) is 23.7 Å². The smallest absolute Gasteiger partial charge is 0.127 e. The Kier molecular flexibility index (Phi) is 6.07. The van der Waals surface area contributed by atoms with Crippen molar-refractivity contribution in [2.24, 2.45) is 4.99 Å². The van der Waals surface area contributed by atoms with Gasteiger partial charge in [-0.3, -0.25) is 4.99 Å². The first-order chi connectivity index (χ1) is 14.4. The highest BCUT2D eigenvalue weighted by molar-refractivity contribution is 7.99. The zero-order valence-electron chi connectivity index (χ0n) is 18.1. The van der Waals surface area contributed by atoms with Crippen LogP contribution >= 0.6 is 23.4 Å².